The molecule has 1 aliphatic heterocycles. The van der Waals surface area contributed by atoms with E-state index in [4.69, 9.17) is 14.2 Å². The zero-order valence-corrected chi connectivity index (χ0v) is 16.6. The van der Waals surface area contributed by atoms with Crippen LogP contribution in [0.2, 0.25) is 0 Å². The Balaban J connectivity index is 1.44. The second-order valence-electron chi connectivity index (χ2n) is 6.59. The van der Waals surface area contributed by atoms with E-state index in [1.165, 1.54) is 26.2 Å². The predicted octanol–water partition coefficient (Wildman–Crippen LogP) is 2.11. The minimum atomic E-state index is -3.47. The number of ether oxygens (including phenoxy) is 3. The van der Waals surface area contributed by atoms with Crippen LogP contribution in [-0.4, -0.2) is 52.6 Å². The van der Waals surface area contributed by atoms with Gasteiger partial charge in [-0.25, -0.2) is 12.7 Å². The number of esters is 1. The molecule has 2 aromatic carbocycles. The maximum Gasteiger partial charge on any atom is 0.312 e. The lowest BCUT2D eigenvalue weighted by atomic mass is 9.97. The predicted molar refractivity (Wildman–Crippen MR) is 103 cm³/mol. The van der Waals surface area contributed by atoms with Crippen molar-refractivity contribution in [3.8, 4) is 11.5 Å². The van der Waals surface area contributed by atoms with Crippen molar-refractivity contribution in [1.29, 1.82) is 0 Å². The Hall–Kier alpha value is -2.58. The van der Waals surface area contributed by atoms with Gasteiger partial charge in [-0.15, -0.1) is 0 Å². The van der Waals surface area contributed by atoms with Gasteiger partial charge in [-0.3, -0.25) is 4.79 Å². The first-order chi connectivity index (χ1) is 13.4. The molecule has 0 aliphatic carbocycles. The zero-order valence-electron chi connectivity index (χ0n) is 15.8. The van der Waals surface area contributed by atoms with Gasteiger partial charge in [0.1, 0.15) is 31.3 Å². The number of sulfonamides is 1. The van der Waals surface area contributed by atoms with E-state index in [9.17, 15) is 13.2 Å². The van der Waals surface area contributed by atoms with Gasteiger partial charge in [0.15, 0.2) is 0 Å². The fourth-order valence-corrected chi connectivity index (χ4v) is 3.72. The summed E-state index contributed by atoms with van der Waals surface area (Å²) in [7, 11) is -0.515. The van der Waals surface area contributed by atoms with Crippen molar-refractivity contribution in [2.45, 2.75) is 11.3 Å². The minimum Gasteiger partial charge on any atom is -0.492 e. The fraction of sp³-hybridized carbons (Fsp3) is 0.350. The van der Waals surface area contributed by atoms with Crippen LogP contribution in [0.3, 0.4) is 0 Å². The van der Waals surface area contributed by atoms with Crippen molar-refractivity contribution in [3.63, 3.8) is 0 Å². The average Bonchev–Trinajstić information content (AvgIpc) is 2.71. The molecule has 0 saturated carbocycles. The SMILES string of the molecule is CN(C)S(=O)(=O)c1ccc(OCCOC(=O)[C@@H]2COc3ccccc3C2)cc1. The molecule has 0 spiro atoms. The number of fused-ring (bicyclic) bond motifs is 1. The molecule has 0 aromatic heterocycles. The highest BCUT2D eigenvalue weighted by Crippen LogP contribution is 2.27. The molecule has 1 heterocycles. The van der Waals surface area contributed by atoms with Crippen LogP contribution in [0.5, 0.6) is 11.5 Å². The molecule has 1 atom stereocenters. The second-order valence-corrected chi connectivity index (χ2v) is 8.75. The first-order valence-corrected chi connectivity index (χ1v) is 10.3. The molecule has 2 aromatic rings. The van der Waals surface area contributed by atoms with Gasteiger partial charge in [0.25, 0.3) is 0 Å². The topological polar surface area (TPSA) is 82.1 Å². The van der Waals surface area contributed by atoms with Crippen LogP contribution in [0.1, 0.15) is 5.56 Å². The summed E-state index contributed by atoms with van der Waals surface area (Å²) in [6, 6.07) is 13.8. The maximum absolute atomic E-state index is 12.2. The zero-order chi connectivity index (χ0) is 20.1. The highest BCUT2D eigenvalue weighted by molar-refractivity contribution is 7.89. The van der Waals surface area contributed by atoms with E-state index in [2.05, 4.69) is 0 Å². The lowest BCUT2D eigenvalue weighted by molar-refractivity contribution is -0.150. The van der Waals surface area contributed by atoms with Gasteiger partial charge >= 0.3 is 5.97 Å². The molecule has 0 radical (unpaired) electrons. The molecular formula is C20H23NO6S. The normalized spacial score (nSPS) is 16.2. The van der Waals surface area contributed by atoms with Crippen molar-refractivity contribution >= 4 is 16.0 Å². The number of hydrogen-bond donors (Lipinski definition) is 0. The van der Waals surface area contributed by atoms with Crippen molar-refractivity contribution in [1.82, 2.24) is 4.31 Å². The van der Waals surface area contributed by atoms with Gasteiger partial charge in [-0.05, 0) is 42.3 Å². The summed E-state index contributed by atoms with van der Waals surface area (Å²) >= 11 is 0. The summed E-state index contributed by atoms with van der Waals surface area (Å²) in [6.07, 6.45) is 0.595. The highest BCUT2D eigenvalue weighted by Gasteiger charge is 2.27. The van der Waals surface area contributed by atoms with E-state index in [0.29, 0.717) is 18.8 Å². The Morgan fingerprint density at radius 3 is 2.54 bits per heavy atom. The number of para-hydroxylation sites is 1. The number of nitrogens with zero attached hydrogens (tertiary/aromatic N) is 1. The van der Waals surface area contributed by atoms with Gasteiger partial charge in [0.2, 0.25) is 10.0 Å². The molecular weight excluding hydrogens is 382 g/mol. The largest absolute Gasteiger partial charge is 0.492 e. The Morgan fingerprint density at radius 1 is 1.11 bits per heavy atom. The highest BCUT2D eigenvalue weighted by atomic mass is 32.2. The van der Waals surface area contributed by atoms with Crippen LogP contribution < -0.4 is 9.47 Å². The van der Waals surface area contributed by atoms with Crippen molar-refractivity contribution in [2.24, 2.45) is 5.92 Å². The molecule has 3 rings (SSSR count). The molecule has 0 bridgehead atoms. The molecule has 28 heavy (non-hydrogen) atoms. The van der Waals surface area contributed by atoms with E-state index < -0.39 is 10.0 Å². The van der Waals surface area contributed by atoms with Crippen LogP contribution in [0.25, 0.3) is 0 Å². The van der Waals surface area contributed by atoms with E-state index in [1.54, 1.807) is 12.1 Å². The van der Waals surface area contributed by atoms with Crippen LogP contribution in [0, 0.1) is 5.92 Å². The monoisotopic (exact) mass is 405 g/mol. The van der Waals surface area contributed by atoms with Crippen molar-refractivity contribution in [3.05, 3.63) is 54.1 Å². The van der Waals surface area contributed by atoms with Gasteiger partial charge < -0.3 is 14.2 Å². The third kappa shape index (κ3) is 4.63. The first kappa shape index (κ1) is 20.2. The third-order valence-electron chi connectivity index (χ3n) is 4.41. The van der Waals surface area contributed by atoms with E-state index in [1.807, 2.05) is 24.3 Å². The molecule has 8 heteroatoms. The van der Waals surface area contributed by atoms with Crippen LogP contribution in [0.4, 0.5) is 0 Å². The quantitative estimate of drug-likeness (QED) is 0.518. The summed E-state index contributed by atoms with van der Waals surface area (Å²) in [5.41, 5.74) is 1.000. The minimum absolute atomic E-state index is 0.106. The summed E-state index contributed by atoms with van der Waals surface area (Å²) < 4.78 is 41.6. The van der Waals surface area contributed by atoms with Gasteiger partial charge in [0, 0.05) is 14.1 Å². The molecule has 7 nitrogen and oxygen atoms in total. The summed E-state index contributed by atoms with van der Waals surface area (Å²) in [5, 5.41) is 0. The molecule has 0 amide bonds. The van der Waals surface area contributed by atoms with Crippen LogP contribution in [-0.2, 0) is 26.0 Å². The second kappa shape index (κ2) is 8.62. The lowest BCUT2D eigenvalue weighted by Crippen LogP contribution is -2.30. The third-order valence-corrected chi connectivity index (χ3v) is 6.24. The summed E-state index contributed by atoms with van der Waals surface area (Å²) in [5.74, 6) is 0.675. The number of rotatable bonds is 7. The fourth-order valence-electron chi connectivity index (χ4n) is 2.82. The van der Waals surface area contributed by atoms with Crippen LogP contribution in [0.15, 0.2) is 53.4 Å². The number of hydrogen-bond acceptors (Lipinski definition) is 6. The van der Waals surface area contributed by atoms with Crippen molar-refractivity contribution < 1.29 is 27.4 Å². The lowest BCUT2D eigenvalue weighted by Gasteiger charge is -2.23. The smallest absolute Gasteiger partial charge is 0.312 e. The molecule has 0 unspecified atom stereocenters. The maximum atomic E-state index is 12.2. The standard InChI is InChI=1S/C20H23NO6S/c1-21(2)28(23,24)18-9-7-17(8-10-18)25-11-12-26-20(22)16-13-15-5-3-4-6-19(15)27-14-16/h3-10,16H,11-14H2,1-2H3/t16-/m0/s1. The molecule has 0 fully saturated rings. The van der Waals surface area contributed by atoms with Gasteiger partial charge in [0.05, 0.1) is 10.8 Å². The molecule has 150 valence electrons. The van der Waals surface area contributed by atoms with Crippen LogP contribution >= 0.6 is 0 Å². The van der Waals surface area contributed by atoms with E-state index >= 15 is 0 Å². The Labute approximate surface area is 164 Å². The number of benzene rings is 2. The number of carbonyl (C=O) groups is 1. The summed E-state index contributed by atoms with van der Waals surface area (Å²) in [6.45, 7) is 0.586. The summed E-state index contributed by atoms with van der Waals surface area (Å²) in [4.78, 5) is 12.4. The Morgan fingerprint density at radius 2 is 1.82 bits per heavy atom. The Bertz CT molecular complexity index is 924. The molecule has 1 aliphatic rings. The van der Waals surface area contributed by atoms with E-state index in [-0.39, 0.29) is 30.0 Å². The molecule has 0 N–H and O–H groups in total. The Kier molecular flexibility index (Phi) is 6.21. The van der Waals surface area contributed by atoms with E-state index in [0.717, 1.165) is 15.6 Å². The van der Waals surface area contributed by atoms with Crippen molar-refractivity contribution in [2.75, 3.05) is 33.9 Å². The molecule has 0 saturated heterocycles. The van der Waals surface area contributed by atoms with Gasteiger partial charge in [-0.1, -0.05) is 18.2 Å². The van der Waals surface area contributed by atoms with Gasteiger partial charge in [-0.2, -0.15) is 0 Å². The number of carbonyl (C=O) groups excluding carboxylic acids is 1. The average molecular weight is 405 g/mol. The first-order valence-electron chi connectivity index (χ1n) is 8.90.